The van der Waals surface area contributed by atoms with E-state index in [0.717, 1.165) is 24.5 Å². The number of aromatic hydroxyl groups is 1. The lowest BCUT2D eigenvalue weighted by atomic mass is 9.89. The second-order valence-corrected chi connectivity index (χ2v) is 4.22. The van der Waals surface area contributed by atoms with Gasteiger partial charge in [-0.1, -0.05) is 0 Å². The average Bonchev–Trinajstić information content (AvgIpc) is 2.14. The molecule has 0 aliphatic heterocycles. The Morgan fingerprint density at radius 3 is 2.81 bits per heavy atom. The lowest BCUT2D eigenvalue weighted by Gasteiger charge is -2.34. The number of phenolic OH excluding ortho intramolecular Hbond substituents is 1. The number of rotatable bonds is 4. The molecule has 0 heterocycles. The van der Waals surface area contributed by atoms with Crippen molar-refractivity contribution in [1.82, 2.24) is 5.32 Å². The highest BCUT2D eigenvalue weighted by atomic mass is 19.1. The van der Waals surface area contributed by atoms with Crippen LogP contribution in [0.4, 0.5) is 4.39 Å². The fourth-order valence-electron chi connectivity index (χ4n) is 1.92. The van der Waals surface area contributed by atoms with E-state index in [2.05, 4.69) is 5.32 Å². The summed E-state index contributed by atoms with van der Waals surface area (Å²) in [6.45, 7) is 0.576. The molecule has 1 aliphatic rings. The quantitative estimate of drug-likeness (QED) is 0.821. The second kappa shape index (κ2) is 4.80. The van der Waals surface area contributed by atoms with Gasteiger partial charge in [-0.2, -0.15) is 0 Å². The van der Waals surface area contributed by atoms with Crippen LogP contribution in [0, 0.1) is 5.82 Å². The summed E-state index contributed by atoms with van der Waals surface area (Å²) < 4.78 is 18.1. The van der Waals surface area contributed by atoms with Crippen LogP contribution in [0.2, 0.25) is 0 Å². The molecule has 1 aliphatic carbocycles. The lowest BCUT2D eigenvalue weighted by molar-refractivity contribution is 0.0170. The third-order valence-corrected chi connectivity index (χ3v) is 2.97. The van der Waals surface area contributed by atoms with Crippen molar-refractivity contribution in [3.8, 4) is 5.75 Å². The molecule has 0 unspecified atom stereocenters. The van der Waals surface area contributed by atoms with Gasteiger partial charge in [-0.15, -0.1) is 0 Å². The van der Waals surface area contributed by atoms with Crippen molar-refractivity contribution < 1.29 is 14.2 Å². The van der Waals surface area contributed by atoms with Crippen LogP contribution in [0.5, 0.6) is 5.75 Å². The molecule has 0 spiro atoms. The number of halogens is 1. The van der Waals surface area contributed by atoms with E-state index < -0.39 is 5.82 Å². The molecule has 0 radical (unpaired) electrons. The molecule has 1 saturated carbocycles. The molecule has 3 nitrogen and oxygen atoms in total. The van der Waals surface area contributed by atoms with Crippen LogP contribution in [0.25, 0.3) is 0 Å². The molecule has 0 aromatic heterocycles. The summed E-state index contributed by atoms with van der Waals surface area (Å²) in [4.78, 5) is 0. The van der Waals surface area contributed by atoms with Crippen LogP contribution in [-0.2, 0) is 11.3 Å². The second-order valence-electron chi connectivity index (χ2n) is 4.22. The Bertz CT molecular complexity index is 344. The largest absolute Gasteiger partial charge is 0.508 e. The van der Waals surface area contributed by atoms with Gasteiger partial charge < -0.3 is 15.2 Å². The number of ether oxygens (including phenoxy) is 1. The van der Waals surface area contributed by atoms with E-state index >= 15 is 0 Å². The van der Waals surface area contributed by atoms with Gasteiger partial charge in [0.1, 0.15) is 11.6 Å². The fraction of sp³-hybridized carbons (Fsp3) is 0.500. The first kappa shape index (κ1) is 11.4. The van der Waals surface area contributed by atoms with Crippen molar-refractivity contribution in [2.75, 3.05) is 7.11 Å². The minimum absolute atomic E-state index is 0.0276. The Morgan fingerprint density at radius 1 is 1.44 bits per heavy atom. The summed E-state index contributed by atoms with van der Waals surface area (Å²) in [6, 6.07) is 4.55. The monoisotopic (exact) mass is 225 g/mol. The Balaban J connectivity index is 1.81. The van der Waals surface area contributed by atoms with Crippen LogP contribution >= 0.6 is 0 Å². The summed E-state index contributed by atoms with van der Waals surface area (Å²) in [7, 11) is 1.71. The van der Waals surface area contributed by atoms with Crippen molar-refractivity contribution >= 4 is 0 Å². The Hall–Kier alpha value is -1.13. The van der Waals surface area contributed by atoms with Gasteiger partial charge in [0.25, 0.3) is 0 Å². The fourth-order valence-corrected chi connectivity index (χ4v) is 1.92. The number of hydrogen-bond acceptors (Lipinski definition) is 3. The van der Waals surface area contributed by atoms with Crippen molar-refractivity contribution in [2.45, 2.75) is 31.5 Å². The van der Waals surface area contributed by atoms with Crippen molar-refractivity contribution in [3.05, 3.63) is 29.6 Å². The Morgan fingerprint density at radius 2 is 2.19 bits per heavy atom. The minimum atomic E-state index is -0.403. The number of benzene rings is 1. The van der Waals surface area contributed by atoms with E-state index in [1.54, 1.807) is 13.2 Å². The van der Waals surface area contributed by atoms with Crippen LogP contribution < -0.4 is 5.32 Å². The van der Waals surface area contributed by atoms with Crippen molar-refractivity contribution in [1.29, 1.82) is 0 Å². The number of methoxy groups -OCH3 is 1. The van der Waals surface area contributed by atoms with Gasteiger partial charge >= 0.3 is 0 Å². The van der Waals surface area contributed by atoms with E-state index in [-0.39, 0.29) is 5.75 Å². The molecule has 4 heteroatoms. The number of hydrogen-bond donors (Lipinski definition) is 2. The standard InChI is InChI=1S/C12H16FNO2/c1-16-12-5-10(6-12)14-7-8-2-9(13)4-11(15)3-8/h2-4,10,12,14-15H,5-7H2,1H3. The van der Waals surface area contributed by atoms with E-state index in [0.29, 0.717) is 18.7 Å². The third kappa shape index (κ3) is 2.71. The molecule has 0 saturated heterocycles. The van der Waals surface area contributed by atoms with Crippen LogP contribution in [0.1, 0.15) is 18.4 Å². The van der Waals surface area contributed by atoms with E-state index in [1.807, 2.05) is 0 Å². The first-order chi connectivity index (χ1) is 7.67. The average molecular weight is 225 g/mol. The molecule has 0 bridgehead atoms. The lowest BCUT2D eigenvalue weighted by Crippen LogP contribution is -2.44. The van der Waals surface area contributed by atoms with Gasteiger partial charge in [0.15, 0.2) is 0 Å². The molecule has 88 valence electrons. The van der Waals surface area contributed by atoms with Gasteiger partial charge in [-0.25, -0.2) is 4.39 Å². The first-order valence-electron chi connectivity index (χ1n) is 5.42. The van der Waals surface area contributed by atoms with Gasteiger partial charge in [0.2, 0.25) is 0 Å². The molecular weight excluding hydrogens is 209 g/mol. The number of phenols is 1. The Labute approximate surface area is 94.2 Å². The summed E-state index contributed by atoms with van der Waals surface area (Å²) in [6.07, 6.45) is 2.36. The highest BCUT2D eigenvalue weighted by Gasteiger charge is 2.28. The minimum Gasteiger partial charge on any atom is -0.508 e. The maximum atomic E-state index is 13.0. The zero-order chi connectivity index (χ0) is 11.5. The zero-order valence-corrected chi connectivity index (χ0v) is 9.24. The molecule has 2 N–H and O–H groups in total. The van der Waals surface area contributed by atoms with E-state index in [9.17, 15) is 9.50 Å². The molecule has 1 aromatic rings. The van der Waals surface area contributed by atoms with Crippen LogP contribution in [0.15, 0.2) is 18.2 Å². The highest BCUT2D eigenvalue weighted by Crippen LogP contribution is 2.23. The topological polar surface area (TPSA) is 41.5 Å². The SMILES string of the molecule is COC1CC(NCc2cc(O)cc(F)c2)C1. The predicted octanol–water partition coefficient (Wildman–Crippen LogP) is 1.80. The first-order valence-corrected chi connectivity index (χ1v) is 5.42. The normalized spacial score (nSPS) is 24.1. The van der Waals surface area contributed by atoms with E-state index in [1.165, 1.54) is 6.07 Å². The third-order valence-electron chi connectivity index (χ3n) is 2.97. The molecule has 1 aromatic carbocycles. The van der Waals surface area contributed by atoms with E-state index in [4.69, 9.17) is 4.74 Å². The maximum absolute atomic E-state index is 13.0. The summed E-state index contributed by atoms with van der Waals surface area (Å²) in [5.74, 6) is -0.430. The number of nitrogens with one attached hydrogen (secondary N) is 1. The van der Waals surface area contributed by atoms with Gasteiger partial charge in [0, 0.05) is 25.8 Å². The van der Waals surface area contributed by atoms with Crippen LogP contribution in [-0.4, -0.2) is 24.4 Å². The smallest absolute Gasteiger partial charge is 0.127 e. The Kier molecular flexibility index (Phi) is 3.41. The zero-order valence-electron chi connectivity index (χ0n) is 9.24. The molecule has 2 rings (SSSR count). The summed E-state index contributed by atoms with van der Waals surface area (Å²) >= 11 is 0. The molecular formula is C12H16FNO2. The van der Waals surface area contributed by atoms with Crippen LogP contribution in [0.3, 0.4) is 0 Å². The van der Waals surface area contributed by atoms with Crippen molar-refractivity contribution in [2.24, 2.45) is 0 Å². The van der Waals surface area contributed by atoms with Gasteiger partial charge in [-0.05, 0) is 30.5 Å². The molecule has 1 fully saturated rings. The molecule has 0 atom stereocenters. The van der Waals surface area contributed by atoms with Crippen molar-refractivity contribution in [3.63, 3.8) is 0 Å². The van der Waals surface area contributed by atoms with Gasteiger partial charge in [0.05, 0.1) is 6.10 Å². The highest BCUT2D eigenvalue weighted by molar-refractivity contribution is 5.28. The summed E-state index contributed by atoms with van der Waals surface area (Å²) in [5, 5.41) is 12.5. The molecule has 0 amide bonds. The maximum Gasteiger partial charge on any atom is 0.127 e. The summed E-state index contributed by atoms with van der Waals surface area (Å²) in [5.41, 5.74) is 0.762. The molecule has 16 heavy (non-hydrogen) atoms. The predicted molar refractivity (Wildman–Crippen MR) is 58.7 cm³/mol. The van der Waals surface area contributed by atoms with Gasteiger partial charge in [-0.3, -0.25) is 0 Å².